The summed E-state index contributed by atoms with van der Waals surface area (Å²) in [6.07, 6.45) is 1.92. The predicted octanol–water partition coefficient (Wildman–Crippen LogP) is 1.32. The molecule has 18 heavy (non-hydrogen) atoms. The van der Waals surface area contributed by atoms with Crippen molar-refractivity contribution in [1.29, 1.82) is 0 Å². The Hall–Kier alpha value is -1.18. The Morgan fingerprint density at radius 1 is 1.50 bits per heavy atom. The van der Waals surface area contributed by atoms with Crippen LogP contribution < -0.4 is 5.32 Å². The van der Waals surface area contributed by atoms with Gasteiger partial charge in [0.2, 0.25) is 5.95 Å². The van der Waals surface area contributed by atoms with E-state index in [4.69, 9.17) is 9.47 Å². The third-order valence-corrected chi connectivity index (χ3v) is 3.31. The summed E-state index contributed by atoms with van der Waals surface area (Å²) in [4.78, 5) is 4.39. The number of pyridine rings is 1. The predicted molar refractivity (Wildman–Crippen MR) is 69.7 cm³/mol. The highest BCUT2D eigenvalue weighted by Gasteiger charge is 2.15. The van der Waals surface area contributed by atoms with Gasteiger partial charge < -0.3 is 14.8 Å². The molecule has 7 heteroatoms. The van der Waals surface area contributed by atoms with Gasteiger partial charge in [0.25, 0.3) is 0 Å². The SMILES string of the molecule is Brc1cccn2nc(NCC3COCCO3)nc12. The van der Waals surface area contributed by atoms with E-state index in [2.05, 4.69) is 31.3 Å². The number of nitrogens with zero attached hydrogens (tertiary/aromatic N) is 3. The number of hydrogen-bond donors (Lipinski definition) is 1. The molecule has 0 aliphatic carbocycles. The summed E-state index contributed by atoms with van der Waals surface area (Å²) in [5.74, 6) is 0.594. The summed E-state index contributed by atoms with van der Waals surface area (Å²) in [7, 11) is 0. The lowest BCUT2D eigenvalue weighted by Crippen LogP contribution is -2.34. The van der Waals surface area contributed by atoms with Crippen molar-refractivity contribution in [2.24, 2.45) is 0 Å². The van der Waals surface area contributed by atoms with Crippen LogP contribution in [0.15, 0.2) is 22.8 Å². The van der Waals surface area contributed by atoms with Gasteiger partial charge in [-0.15, -0.1) is 5.10 Å². The van der Waals surface area contributed by atoms with Crippen LogP contribution >= 0.6 is 15.9 Å². The normalized spacial score (nSPS) is 20.2. The molecule has 2 aromatic rings. The average Bonchev–Trinajstić information content (AvgIpc) is 2.82. The summed E-state index contributed by atoms with van der Waals surface area (Å²) < 4.78 is 13.5. The summed E-state index contributed by atoms with van der Waals surface area (Å²) in [6.45, 7) is 2.59. The Morgan fingerprint density at radius 2 is 2.44 bits per heavy atom. The zero-order chi connectivity index (χ0) is 12.4. The van der Waals surface area contributed by atoms with E-state index in [1.54, 1.807) is 4.52 Å². The molecule has 0 saturated carbocycles. The number of aromatic nitrogens is 3. The molecule has 0 aromatic carbocycles. The molecule has 1 unspecified atom stereocenters. The maximum Gasteiger partial charge on any atom is 0.243 e. The van der Waals surface area contributed by atoms with Crippen LogP contribution in [0.25, 0.3) is 5.65 Å². The largest absolute Gasteiger partial charge is 0.376 e. The Labute approximate surface area is 112 Å². The van der Waals surface area contributed by atoms with Crippen molar-refractivity contribution in [3.05, 3.63) is 22.8 Å². The zero-order valence-corrected chi connectivity index (χ0v) is 11.3. The van der Waals surface area contributed by atoms with Gasteiger partial charge in [0, 0.05) is 12.7 Å². The van der Waals surface area contributed by atoms with Crippen molar-refractivity contribution < 1.29 is 9.47 Å². The molecule has 1 fully saturated rings. The van der Waals surface area contributed by atoms with E-state index in [1.165, 1.54) is 0 Å². The summed E-state index contributed by atoms with van der Waals surface area (Å²) in [5.41, 5.74) is 0.792. The molecular weight excluding hydrogens is 300 g/mol. The topological polar surface area (TPSA) is 60.7 Å². The van der Waals surface area contributed by atoms with E-state index in [0.717, 1.165) is 10.1 Å². The number of nitrogens with one attached hydrogen (secondary N) is 1. The number of ether oxygens (including phenoxy) is 2. The second-order valence-corrected chi connectivity index (χ2v) is 4.86. The Kier molecular flexibility index (Phi) is 3.44. The van der Waals surface area contributed by atoms with Crippen molar-refractivity contribution in [2.45, 2.75) is 6.10 Å². The second kappa shape index (κ2) is 5.21. The van der Waals surface area contributed by atoms with Gasteiger partial charge >= 0.3 is 0 Å². The highest BCUT2D eigenvalue weighted by molar-refractivity contribution is 9.10. The molecule has 1 aliphatic rings. The first kappa shape index (κ1) is 11.9. The third kappa shape index (κ3) is 2.47. The molecule has 3 heterocycles. The van der Waals surface area contributed by atoms with Crippen molar-refractivity contribution in [3.63, 3.8) is 0 Å². The molecule has 1 aliphatic heterocycles. The van der Waals surface area contributed by atoms with Crippen LogP contribution in [-0.2, 0) is 9.47 Å². The van der Waals surface area contributed by atoms with E-state index < -0.39 is 0 Å². The first-order valence-corrected chi connectivity index (χ1v) is 6.56. The lowest BCUT2D eigenvalue weighted by Gasteiger charge is -2.22. The van der Waals surface area contributed by atoms with Gasteiger partial charge in [0.05, 0.1) is 30.4 Å². The zero-order valence-electron chi connectivity index (χ0n) is 9.67. The Morgan fingerprint density at radius 3 is 3.22 bits per heavy atom. The molecule has 2 aromatic heterocycles. The Balaban J connectivity index is 1.69. The number of hydrogen-bond acceptors (Lipinski definition) is 5. The monoisotopic (exact) mass is 312 g/mol. The maximum atomic E-state index is 5.54. The number of halogens is 1. The summed E-state index contributed by atoms with van der Waals surface area (Å²) >= 11 is 3.44. The van der Waals surface area contributed by atoms with Crippen molar-refractivity contribution in [2.75, 3.05) is 31.7 Å². The molecule has 0 amide bonds. The number of rotatable bonds is 3. The molecule has 1 N–H and O–H groups in total. The first-order valence-electron chi connectivity index (χ1n) is 5.77. The minimum atomic E-state index is 0.0637. The minimum absolute atomic E-state index is 0.0637. The third-order valence-electron chi connectivity index (χ3n) is 2.69. The lowest BCUT2D eigenvalue weighted by molar-refractivity contribution is -0.0819. The van der Waals surface area contributed by atoms with Crippen LogP contribution in [0.3, 0.4) is 0 Å². The fourth-order valence-electron chi connectivity index (χ4n) is 1.81. The standard InChI is InChI=1S/C11H13BrN4O2/c12-9-2-1-3-16-10(9)14-11(15-16)13-6-8-7-17-4-5-18-8/h1-3,8H,4-7H2,(H,13,15). The molecular formula is C11H13BrN4O2. The van der Waals surface area contributed by atoms with Gasteiger partial charge in [-0.05, 0) is 28.1 Å². The molecule has 0 radical (unpaired) electrons. The van der Waals surface area contributed by atoms with Crippen LogP contribution in [0.2, 0.25) is 0 Å². The fourth-order valence-corrected chi connectivity index (χ4v) is 2.23. The lowest BCUT2D eigenvalue weighted by atomic mass is 10.3. The van der Waals surface area contributed by atoms with Crippen molar-refractivity contribution >= 4 is 27.5 Å². The van der Waals surface area contributed by atoms with Crippen molar-refractivity contribution in [3.8, 4) is 0 Å². The Bertz CT molecular complexity index is 539. The number of anilines is 1. The summed E-state index contributed by atoms with van der Waals surface area (Å²) in [5, 5.41) is 7.49. The molecule has 0 bridgehead atoms. The molecule has 6 nitrogen and oxygen atoms in total. The highest BCUT2D eigenvalue weighted by atomic mass is 79.9. The van der Waals surface area contributed by atoms with Gasteiger partial charge in [-0.2, -0.15) is 4.98 Å². The van der Waals surface area contributed by atoms with E-state index in [0.29, 0.717) is 32.3 Å². The molecule has 3 rings (SSSR count). The van der Waals surface area contributed by atoms with E-state index in [-0.39, 0.29) is 6.10 Å². The van der Waals surface area contributed by atoms with E-state index in [9.17, 15) is 0 Å². The van der Waals surface area contributed by atoms with E-state index >= 15 is 0 Å². The minimum Gasteiger partial charge on any atom is -0.376 e. The molecule has 1 saturated heterocycles. The fraction of sp³-hybridized carbons (Fsp3) is 0.455. The van der Waals surface area contributed by atoms with Gasteiger partial charge in [-0.25, -0.2) is 4.52 Å². The maximum absolute atomic E-state index is 5.54. The first-order chi connectivity index (χ1) is 8.83. The van der Waals surface area contributed by atoms with Crippen LogP contribution in [0.5, 0.6) is 0 Å². The molecule has 96 valence electrons. The van der Waals surface area contributed by atoms with Crippen LogP contribution in [0.4, 0.5) is 5.95 Å². The second-order valence-electron chi connectivity index (χ2n) is 4.01. The van der Waals surface area contributed by atoms with Gasteiger partial charge in [0.1, 0.15) is 0 Å². The summed E-state index contributed by atoms with van der Waals surface area (Å²) in [6, 6.07) is 3.85. The molecule has 1 atom stereocenters. The van der Waals surface area contributed by atoms with Gasteiger partial charge in [-0.3, -0.25) is 0 Å². The average molecular weight is 313 g/mol. The van der Waals surface area contributed by atoms with Crippen molar-refractivity contribution in [1.82, 2.24) is 14.6 Å². The van der Waals surface area contributed by atoms with Gasteiger partial charge in [-0.1, -0.05) is 0 Å². The van der Waals surface area contributed by atoms with Gasteiger partial charge in [0.15, 0.2) is 5.65 Å². The smallest absolute Gasteiger partial charge is 0.243 e. The van der Waals surface area contributed by atoms with Crippen LogP contribution in [-0.4, -0.2) is 47.1 Å². The quantitative estimate of drug-likeness (QED) is 0.926. The van der Waals surface area contributed by atoms with E-state index in [1.807, 2.05) is 18.3 Å². The number of fused-ring (bicyclic) bond motifs is 1. The molecule has 0 spiro atoms. The van der Waals surface area contributed by atoms with Crippen LogP contribution in [0, 0.1) is 0 Å². The van der Waals surface area contributed by atoms with Crippen LogP contribution in [0.1, 0.15) is 0 Å². The highest BCUT2D eigenvalue weighted by Crippen LogP contribution is 2.16.